The number of rotatable bonds is 5. The van der Waals surface area contributed by atoms with E-state index in [0.717, 1.165) is 16.6 Å². The van der Waals surface area contributed by atoms with Crippen LogP contribution in [-0.4, -0.2) is 26.0 Å². The molecule has 0 saturated heterocycles. The number of aromatic nitrogens is 4. The molecule has 0 saturated carbocycles. The molecule has 4 rings (SSSR count). The number of carbonyl (C=O) groups is 1. The second kappa shape index (κ2) is 7.10. The van der Waals surface area contributed by atoms with E-state index in [1.54, 1.807) is 18.5 Å². The first-order chi connectivity index (χ1) is 12.8. The van der Waals surface area contributed by atoms with Crippen LogP contribution < -0.4 is 5.32 Å². The summed E-state index contributed by atoms with van der Waals surface area (Å²) >= 11 is 0. The van der Waals surface area contributed by atoms with Crippen molar-refractivity contribution in [1.29, 1.82) is 0 Å². The van der Waals surface area contributed by atoms with Crippen molar-refractivity contribution >= 4 is 22.5 Å². The summed E-state index contributed by atoms with van der Waals surface area (Å²) in [5.74, 6) is 0.695. The van der Waals surface area contributed by atoms with Crippen LogP contribution in [-0.2, 0) is 11.2 Å². The van der Waals surface area contributed by atoms with Gasteiger partial charge in [-0.1, -0.05) is 17.3 Å². The van der Waals surface area contributed by atoms with Gasteiger partial charge in [-0.3, -0.25) is 14.8 Å². The lowest BCUT2D eigenvalue weighted by Gasteiger charge is -2.07. The number of hydrogen-bond donors (Lipinski definition) is 1. The normalized spacial score (nSPS) is 10.8. The first-order valence-corrected chi connectivity index (χ1v) is 8.17. The molecule has 1 N–H and O–H groups in total. The quantitative estimate of drug-likeness (QED) is 0.597. The molecule has 0 radical (unpaired) electrons. The average Bonchev–Trinajstić information content (AvgIpc) is 3.17. The third-order valence-electron chi connectivity index (χ3n) is 3.85. The van der Waals surface area contributed by atoms with Gasteiger partial charge in [-0.2, -0.15) is 4.98 Å². The topological polar surface area (TPSA) is 93.8 Å². The van der Waals surface area contributed by atoms with Gasteiger partial charge in [0.25, 0.3) is 0 Å². The van der Waals surface area contributed by atoms with Crippen molar-refractivity contribution in [3.63, 3.8) is 0 Å². The zero-order valence-electron chi connectivity index (χ0n) is 13.8. The lowest BCUT2D eigenvalue weighted by molar-refractivity contribution is -0.116. The monoisotopic (exact) mass is 345 g/mol. The van der Waals surface area contributed by atoms with Gasteiger partial charge in [-0.25, -0.2) is 0 Å². The molecule has 0 bridgehead atoms. The van der Waals surface area contributed by atoms with E-state index in [0.29, 0.717) is 23.8 Å². The number of hydrogen-bond acceptors (Lipinski definition) is 6. The second-order valence-electron chi connectivity index (χ2n) is 5.65. The summed E-state index contributed by atoms with van der Waals surface area (Å²) in [6, 6.07) is 14.9. The molecular weight excluding hydrogens is 330 g/mol. The molecule has 3 aromatic heterocycles. The van der Waals surface area contributed by atoms with Crippen LogP contribution in [0.1, 0.15) is 12.3 Å². The number of carbonyl (C=O) groups excluding carboxylic acids is 1. The third-order valence-corrected chi connectivity index (χ3v) is 3.85. The molecule has 7 heteroatoms. The van der Waals surface area contributed by atoms with Crippen LogP contribution in [0.4, 0.5) is 5.69 Å². The molecule has 7 nitrogen and oxygen atoms in total. The van der Waals surface area contributed by atoms with Gasteiger partial charge in [0.15, 0.2) is 0 Å². The largest absolute Gasteiger partial charge is 0.339 e. The summed E-state index contributed by atoms with van der Waals surface area (Å²) in [5.41, 5.74) is 2.21. The van der Waals surface area contributed by atoms with Crippen LogP contribution in [0.2, 0.25) is 0 Å². The predicted octanol–water partition coefficient (Wildman–Crippen LogP) is 3.25. The van der Waals surface area contributed by atoms with Crippen molar-refractivity contribution < 1.29 is 9.32 Å². The van der Waals surface area contributed by atoms with Gasteiger partial charge in [0.05, 0.1) is 11.2 Å². The van der Waals surface area contributed by atoms with Crippen molar-refractivity contribution in [2.24, 2.45) is 0 Å². The van der Waals surface area contributed by atoms with E-state index >= 15 is 0 Å². The lowest BCUT2D eigenvalue weighted by atomic mass is 10.1. The van der Waals surface area contributed by atoms with Crippen LogP contribution in [0.3, 0.4) is 0 Å². The van der Waals surface area contributed by atoms with E-state index in [9.17, 15) is 4.79 Å². The Morgan fingerprint density at radius 1 is 1.00 bits per heavy atom. The zero-order valence-corrected chi connectivity index (χ0v) is 13.8. The fourth-order valence-electron chi connectivity index (χ4n) is 2.60. The van der Waals surface area contributed by atoms with Gasteiger partial charge >= 0.3 is 0 Å². The molecular formula is C19H15N5O2. The van der Waals surface area contributed by atoms with Crippen LogP contribution in [0, 0.1) is 0 Å². The maximum atomic E-state index is 12.3. The summed E-state index contributed by atoms with van der Waals surface area (Å²) in [6.07, 6.45) is 3.98. The highest BCUT2D eigenvalue weighted by Crippen LogP contribution is 2.21. The van der Waals surface area contributed by atoms with Crippen LogP contribution in [0.15, 0.2) is 65.4 Å². The fourth-order valence-corrected chi connectivity index (χ4v) is 2.60. The molecule has 128 valence electrons. The Hall–Kier alpha value is -3.61. The van der Waals surface area contributed by atoms with E-state index in [-0.39, 0.29) is 12.3 Å². The molecule has 0 atom stereocenters. The molecule has 0 fully saturated rings. The van der Waals surface area contributed by atoms with E-state index < -0.39 is 0 Å². The minimum atomic E-state index is -0.126. The molecule has 0 aliphatic rings. The molecule has 26 heavy (non-hydrogen) atoms. The van der Waals surface area contributed by atoms with E-state index in [4.69, 9.17) is 4.52 Å². The number of nitrogens with one attached hydrogen (secondary N) is 1. The molecule has 0 spiro atoms. The number of benzene rings is 1. The maximum absolute atomic E-state index is 12.3. The van der Waals surface area contributed by atoms with Crippen molar-refractivity contribution in [2.45, 2.75) is 12.8 Å². The number of fused-ring (bicyclic) bond motifs is 1. The van der Waals surface area contributed by atoms with Gasteiger partial charge in [0, 0.05) is 30.6 Å². The van der Waals surface area contributed by atoms with E-state index in [1.165, 1.54) is 0 Å². The lowest BCUT2D eigenvalue weighted by Crippen LogP contribution is -2.12. The first-order valence-electron chi connectivity index (χ1n) is 8.17. The first kappa shape index (κ1) is 15.9. The Labute approximate surface area is 149 Å². The summed E-state index contributed by atoms with van der Waals surface area (Å²) in [5, 5.41) is 7.71. The highest BCUT2D eigenvalue weighted by molar-refractivity contribution is 6.00. The molecule has 1 amide bonds. The zero-order chi connectivity index (χ0) is 17.8. The minimum Gasteiger partial charge on any atom is -0.339 e. The van der Waals surface area contributed by atoms with Crippen LogP contribution in [0.25, 0.3) is 22.4 Å². The number of amides is 1. The molecule has 0 aliphatic carbocycles. The molecule has 3 heterocycles. The highest BCUT2D eigenvalue weighted by atomic mass is 16.5. The Kier molecular flexibility index (Phi) is 4.34. The predicted molar refractivity (Wildman–Crippen MR) is 96.2 cm³/mol. The number of nitrogens with zero attached hydrogens (tertiary/aromatic N) is 4. The summed E-state index contributed by atoms with van der Waals surface area (Å²) in [4.78, 5) is 25.0. The number of anilines is 1. The SMILES string of the molecule is O=C(CCc1nc(-c2ccccn2)no1)Nc1cccc2ncccc12. The van der Waals surface area contributed by atoms with Crippen molar-refractivity contribution in [2.75, 3.05) is 5.32 Å². The standard InChI is InChI=1S/C19H15N5O2/c25-17(22-15-8-3-7-14-13(15)5-4-12-20-14)9-10-18-23-19(24-26-18)16-6-1-2-11-21-16/h1-8,11-12H,9-10H2,(H,22,25). The summed E-state index contributed by atoms with van der Waals surface area (Å²) in [6.45, 7) is 0. The van der Waals surface area contributed by atoms with Gasteiger partial charge in [0.1, 0.15) is 5.69 Å². The number of pyridine rings is 2. The van der Waals surface area contributed by atoms with Crippen LogP contribution in [0.5, 0.6) is 0 Å². The van der Waals surface area contributed by atoms with Gasteiger partial charge in [0.2, 0.25) is 17.6 Å². The Morgan fingerprint density at radius 3 is 2.81 bits per heavy atom. The van der Waals surface area contributed by atoms with Crippen LogP contribution >= 0.6 is 0 Å². The minimum absolute atomic E-state index is 0.126. The Bertz CT molecular complexity index is 1040. The average molecular weight is 345 g/mol. The molecule has 4 aromatic rings. The maximum Gasteiger partial charge on any atom is 0.227 e. The van der Waals surface area contributed by atoms with Crippen molar-refractivity contribution in [3.8, 4) is 11.5 Å². The van der Waals surface area contributed by atoms with E-state index in [2.05, 4.69) is 25.4 Å². The Balaban J connectivity index is 1.41. The van der Waals surface area contributed by atoms with Crippen molar-refractivity contribution in [3.05, 3.63) is 66.8 Å². The van der Waals surface area contributed by atoms with Gasteiger partial charge < -0.3 is 9.84 Å². The van der Waals surface area contributed by atoms with Gasteiger partial charge in [-0.15, -0.1) is 0 Å². The smallest absolute Gasteiger partial charge is 0.227 e. The fraction of sp³-hybridized carbons (Fsp3) is 0.105. The second-order valence-corrected chi connectivity index (χ2v) is 5.65. The summed E-state index contributed by atoms with van der Waals surface area (Å²) in [7, 11) is 0. The Morgan fingerprint density at radius 2 is 1.92 bits per heavy atom. The summed E-state index contributed by atoms with van der Waals surface area (Å²) < 4.78 is 5.20. The molecule has 0 aliphatic heterocycles. The highest BCUT2D eigenvalue weighted by Gasteiger charge is 2.12. The van der Waals surface area contributed by atoms with E-state index in [1.807, 2.05) is 42.5 Å². The van der Waals surface area contributed by atoms with Crippen molar-refractivity contribution in [1.82, 2.24) is 20.1 Å². The third kappa shape index (κ3) is 3.41. The molecule has 0 unspecified atom stereocenters. The van der Waals surface area contributed by atoms with Gasteiger partial charge in [-0.05, 0) is 36.4 Å². The number of aryl methyl sites for hydroxylation is 1. The molecule has 1 aromatic carbocycles.